The van der Waals surface area contributed by atoms with Gasteiger partial charge in [0.2, 0.25) is 0 Å². The lowest BCUT2D eigenvalue weighted by molar-refractivity contribution is 0.222. The molecule has 0 saturated heterocycles. The first-order chi connectivity index (χ1) is 7.29. The Hall–Kier alpha value is -0.870. The maximum Gasteiger partial charge on any atom is 0.149 e. The molecule has 5 heteroatoms. The molecule has 0 radical (unpaired) electrons. The van der Waals surface area contributed by atoms with Gasteiger partial charge in [-0.2, -0.15) is 0 Å². The molecule has 1 saturated carbocycles. The van der Waals surface area contributed by atoms with E-state index in [0.29, 0.717) is 22.9 Å². The molecule has 0 aliphatic heterocycles. The van der Waals surface area contributed by atoms with Crippen LogP contribution in [0, 0.1) is 5.92 Å². The van der Waals surface area contributed by atoms with Gasteiger partial charge in [0.05, 0.1) is 12.4 Å². The number of halogens is 1. The minimum Gasteiger partial charge on any atom is -0.396 e. The van der Waals surface area contributed by atoms with Crippen molar-refractivity contribution in [3.05, 3.63) is 17.5 Å². The molecule has 0 unspecified atom stereocenters. The van der Waals surface area contributed by atoms with E-state index in [1.54, 1.807) is 6.20 Å². The summed E-state index contributed by atoms with van der Waals surface area (Å²) in [7, 11) is 0. The molecule has 82 valence electrons. The third-order valence-electron chi connectivity index (χ3n) is 2.83. The number of aromatic nitrogens is 2. The van der Waals surface area contributed by atoms with Gasteiger partial charge in [-0.05, 0) is 12.8 Å². The van der Waals surface area contributed by atoms with Crippen LogP contribution in [0.4, 0.5) is 5.82 Å². The Morgan fingerprint density at radius 2 is 2.33 bits per heavy atom. The highest BCUT2D eigenvalue weighted by Gasteiger charge is 2.26. The second-order valence-electron chi connectivity index (χ2n) is 3.85. The number of aliphatic hydroxyl groups is 1. The van der Waals surface area contributed by atoms with Gasteiger partial charge in [-0.15, -0.1) is 0 Å². The van der Waals surface area contributed by atoms with Gasteiger partial charge in [0, 0.05) is 18.6 Å². The molecule has 2 N–H and O–H groups in total. The number of nitrogens with zero attached hydrogens (tertiary/aromatic N) is 2. The lowest BCUT2D eigenvalue weighted by Crippen LogP contribution is -2.26. The number of hydrogen-bond donors (Lipinski definition) is 2. The van der Waals surface area contributed by atoms with Crippen molar-refractivity contribution in [3.63, 3.8) is 0 Å². The fraction of sp³-hybridized carbons (Fsp3) is 0.600. The zero-order valence-electron chi connectivity index (χ0n) is 8.36. The van der Waals surface area contributed by atoms with E-state index in [2.05, 4.69) is 15.3 Å². The highest BCUT2D eigenvalue weighted by molar-refractivity contribution is 6.29. The highest BCUT2D eigenvalue weighted by Crippen LogP contribution is 2.27. The van der Waals surface area contributed by atoms with Gasteiger partial charge in [-0.25, -0.2) is 4.98 Å². The zero-order chi connectivity index (χ0) is 10.7. The lowest BCUT2D eigenvalue weighted by atomic mass is 10.1. The van der Waals surface area contributed by atoms with Crippen molar-refractivity contribution in [2.45, 2.75) is 25.3 Å². The van der Waals surface area contributed by atoms with Crippen molar-refractivity contribution >= 4 is 17.4 Å². The summed E-state index contributed by atoms with van der Waals surface area (Å²) >= 11 is 5.74. The molecule has 2 rings (SSSR count). The standard InChI is InChI=1S/C10H14ClN3O/c11-9-4-12-5-10(14-9)13-8-3-1-2-7(8)6-15/h4-5,7-8,15H,1-3,6H2,(H,13,14)/t7-,8-/m0/s1. The van der Waals surface area contributed by atoms with Gasteiger partial charge < -0.3 is 10.4 Å². The predicted octanol–water partition coefficient (Wildman–Crippen LogP) is 1.70. The molecule has 1 heterocycles. The summed E-state index contributed by atoms with van der Waals surface area (Å²) < 4.78 is 0. The van der Waals surface area contributed by atoms with Crippen LogP contribution in [-0.2, 0) is 0 Å². The number of nitrogens with one attached hydrogen (secondary N) is 1. The molecule has 15 heavy (non-hydrogen) atoms. The summed E-state index contributed by atoms with van der Waals surface area (Å²) in [6, 6.07) is 0.294. The molecule has 2 atom stereocenters. The fourth-order valence-corrected chi connectivity index (χ4v) is 2.19. The Kier molecular flexibility index (Phi) is 3.38. The molecule has 0 amide bonds. The highest BCUT2D eigenvalue weighted by atomic mass is 35.5. The first-order valence-corrected chi connectivity index (χ1v) is 5.52. The summed E-state index contributed by atoms with van der Waals surface area (Å²) in [6.45, 7) is 0.228. The van der Waals surface area contributed by atoms with Crippen molar-refractivity contribution < 1.29 is 5.11 Å². The third kappa shape index (κ3) is 2.58. The Labute approximate surface area is 93.7 Å². The quantitative estimate of drug-likeness (QED) is 0.826. The van der Waals surface area contributed by atoms with Crippen LogP contribution in [0.25, 0.3) is 0 Å². The van der Waals surface area contributed by atoms with E-state index in [4.69, 9.17) is 16.7 Å². The smallest absolute Gasteiger partial charge is 0.149 e. The van der Waals surface area contributed by atoms with Crippen LogP contribution in [0.1, 0.15) is 19.3 Å². The molecule has 0 bridgehead atoms. The van der Waals surface area contributed by atoms with E-state index in [9.17, 15) is 0 Å². The van der Waals surface area contributed by atoms with E-state index in [0.717, 1.165) is 19.3 Å². The van der Waals surface area contributed by atoms with Crippen LogP contribution in [-0.4, -0.2) is 27.7 Å². The van der Waals surface area contributed by atoms with Crippen LogP contribution in [0.2, 0.25) is 5.15 Å². The zero-order valence-corrected chi connectivity index (χ0v) is 9.11. The van der Waals surface area contributed by atoms with Crippen molar-refractivity contribution in [1.29, 1.82) is 0 Å². The Bertz CT molecular complexity index is 334. The second kappa shape index (κ2) is 4.77. The third-order valence-corrected chi connectivity index (χ3v) is 3.01. The first-order valence-electron chi connectivity index (χ1n) is 5.14. The number of rotatable bonds is 3. The summed E-state index contributed by atoms with van der Waals surface area (Å²) in [4.78, 5) is 8.07. The average Bonchev–Trinajstić information content (AvgIpc) is 2.65. The van der Waals surface area contributed by atoms with Crippen molar-refractivity contribution in [1.82, 2.24) is 9.97 Å². The molecule has 0 aromatic carbocycles. The number of aliphatic hydroxyl groups excluding tert-OH is 1. The molecule has 1 aliphatic carbocycles. The predicted molar refractivity (Wildman–Crippen MR) is 58.9 cm³/mol. The van der Waals surface area contributed by atoms with Gasteiger partial charge in [-0.1, -0.05) is 18.0 Å². The van der Waals surface area contributed by atoms with Crippen LogP contribution >= 0.6 is 11.6 Å². The van der Waals surface area contributed by atoms with Crippen molar-refractivity contribution in [2.24, 2.45) is 5.92 Å². The van der Waals surface area contributed by atoms with Gasteiger partial charge in [0.25, 0.3) is 0 Å². The molecule has 1 aromatic heterocycles. The maximum atomic E-state index is 9.17. The van der Waals surface area contributed by atoms with E-state index in [1.807, 2.05) is 0 Å². The Morgan fingerprint density at radius 1 is 1.47 bits per heavy atom. The minimum absolute atomic E-state index is 0.228. The molecule has 1 fully saturated rings. The summed E-state index contributed by atoms with van der Waals surface area (Å²) in [5.74, 6) is 1.01. The summed E-state index contributed by atoms with van der Waals surface area (Å²) in [5, 5.41) is 12.8. The normalized spacial score (nSPS) is 25.5. The Morgan fingerprint density at radius 3 is 3.07 bits per heavy atom. The molecular formula is C10H14ClN3O. The van der Waals surface area contributed by atoms with E-state index in [1.165, 1.54) is 6.20 Å². The maximum absolute atomic E-state index is 9.17. The average molecular weight is 228 g/mol. The van der Waals surface area contributed by atoms with E-state index >= 15 is 0 Å². The lowest BCUT2D eigenvalue weighted by Gasteiger charge is -2.19. The molecule has 4 nitrogen and oxygen atoms in total. The summed E-state index contributed by atoms with van der Waals surface area (Å²) in [6.07, 6.45) is 6.45. The van der Waals surface area contributed by atoms with Crippen LogP contribution in [0.3, 0.4) is 0 Å². The monoisotopic (exact) mass is 227 g/mol. The van der Waals surface area contributed by atoms with Gasteiger partial charge in [-0.3, -0.25) is 4.98 Å². The molecule has 0 spiro atoms. The molecular weight excluding hydrogens is 214 g/mol. The van der Waals surface area contributed by atoms with Crippen LogP contribution in [0.5, 0.6) is 0 Å². The van der Waals surface area contributed by atoms with Crippen molar-refractivity contribution in [2.75, 3.05) is 11.9 Å². The Balaban J connectivity index is 2.02. The minimum atomic E-state index is 0.228. The summed E-state index contributed by atoms with van der Waals surface area (Å²) in [5.41, 5.74) is 0. The molecule has 1 aliphatic rings. The first kappa shape index (κ1) is 10.6. The van der Waals surface area contributed by atoms with Gasteiger partial charge in [0.1, 0.15) is 11.0 Å². The molecule has 1 aromatic rings. The van der Waals surface area contributed by atoms with Crippen LogP contribution < -0.4 is 5.32 Å². The fourth-order valence-electron chi connectivity index (χ4n) is 2.05. The van der Waals surface area contributed by atoms with E-state index < -0.39 is 0 Å². The van der Waals surface area contributed by atoms with Crippen molar-refractivity contribution in [3.8, 4) is 0 Å². The largest absolute Gasteiger partial charge is 0.396 e. The van der Waals surface area contributed by atoms with E-state index in [-0.39, 0.29) is 6.61 Å². The number of hydrogen-bond acceptors (Lipinski definition) is 4. The number of anilines is 1. The van der Waals surface area contributed by atoms with Crippen LogP contribution in [0.15, 0.2) is 12.4 Å². The topological polar surface area (TPSA) is 58.0 Å². The van der Waals surface area contributed by atoms with Gasteiger partial charge in [0.15, 0.2) is 0 Å². The second-order valence-corrected chi connectivity index (χ2v) is 4.24. The van der Waals surface area contributed by atoms with Gasteiger partial charge >= 0.3 is 0 Å². The SMILES string of the molecule is OC[C@@H]1CCC[C@@H]1Nc1cncc(Cl)n1.